The highest BCUT2D eigenvalue weighted by Gasteiger charge is 2.32. The number of hydrogen-bond acceptors (Lipinski definition) is 3. The van der Waals surface area contributed by atoms with Gasteiger partial charge in [0, 0.05) is 5.92 Å². The molecule has 3 aromatic rings. The van der Waals surface area contributed by atoms with Gasteiger partial charge in [0.1, 0.15) is 11.3 Å². The van der Waals surface area contributed by atoms with Gasteiger partial charge >= 0.3 is 5.63 Å². The summed E-state index contributed by atoms with van der Waals surface area (Å²) in [7, 11) is 0. The van der Waals surface area contributed by atoms with Gasteiger partial charge in [0.25, 0.3) is 0 Å². The Hall–Kier alpha value is -2.55. The number of para-hydroxylation sites is 1. The minimum atomic E-state index is -0.297. The molecule has 1 aliphatic rings. The fraction of sp³-hybridized carbons (Fsp3) is 0.211. The highest BCUT2D eigenvalue weighted by molar-refractivity contribution is 5.85. The van der Waals surface area contributed by atoms with Crippen molar-refractivity contribution < 1.29 is 9.15 Å². The second kappa shape index (κ2) is 5.02. The van der Waals surface area contributed by atoms with Crippen LogP contribution in [0.2, 0.25) is 0 Å². The Morgan fingerprint density at radius 1 is 1.00 bits per heavy atom. The Kier molecular flexibility index (Phi) is 3.00. The molecule has 0 unspecified atom stereocenters. The number of rotatable bonds is 1. The largest absolute Gasteiger partial charge is 0.489 e. The zero-order chi connectivity index (χ0) is 15.1. The first-order valence-electron chi connectivity index (χ1n) is 7.51. The van der Waals surface area contributed by atoms with Crippen molar-refractivity contribution in [1.29, 1.82) is 0 Å². The summed E-state index contributed by atoms with van der Waals surface area (Å²) in [6.07, 6.45) is 0.836. The molecule has 0 aliphatic carbocycles. The van der Waals surface area contributed by atoms with Gasteiger partial charge in [0.2, 0.25) is 0 Å². The molecule has 3 nitrogen and oxygen atoms in total. The zero-order valence-corrected chi connectivity index (χ0v) is 12.3. The minimum absolute atomic E-state index is 0.0146. The molecule has 2 atom stereocenters. The van der Waals surface area contributed by atoms with Crippen molar-refractivity contribution in [3.8, 4) is 5.75 Å². The molecule has 22 heavy (non-hydrogen) atoms. The van der Waals surface area contributed by atoms with Gasteiger partial charge in [-0.05, 0) is 31.0 Å². The van der Waals surface area contributed by atoms with Crippen molar-refractivity contribution in [2.24, 2.45) is 0 Å². The van der Waals surface area contributed by atoms with E-state index in [1.165, 1.54) is 0 Å². The Bertz CT molecular complexity index is 880. The van der Waals surface area contributed by atoms with Gasteiger partial charge in [-0.3, -0.25) is 0 Å². The van der Waals surface area contributed by atoms with Crippen LogP contribution in [0.5, 0.6) is 5.75 Å². The lowest BCUT2D eigenvalue weighted by molar-refractivity contribution is 0.182. The molecular formula is C19H16O3. The van der Waals surface area contributed by atoms with Crippen LogP contribution in [0.25, 0.3) is 11.0 Å². The van der Waals surface area contributed by atoms with Crippen molar-refractivity contribution in [2.75, 3.05) is 0 Å². The second-order valence-corrected chi connectivity index (χ2v) is 5.76. The van der Waals surface area contributed by atoms with E-state index < -0.39 is 0 Å². The van der Waals surface area contributed by atoms with E-state index in [9.17, 15) is 4.79 Å². The molecule has 2 aromatic carbocycles. The van der Waals surface area contributed by atoms with Gasteiger partial charge in [-0.25, -0.2) is 4.79 Å². The van der Waals surface area contributed by atoms with Crippen LogP contribution in [0, 0.1) is 0 Å². The molecule has 3 heteroatoms. The summed E-state index contributed by atoms with van der Waals surface area (Å²) < 4.78 is 11.5. The summed E-state index contributed by atoms with van der Waals surface area (Å²) in [5.74, 6) is 0.695. The van der Waals surface area contributed by atoms with E-state index in [0.29, 0.717) is 16.9 Å². The molecule has 0 spiro atoms. The third-order valence-corrected chi connectivity index (χ3v) is 4.24. The maximum Gasteiger partial charge on any atom is 0.343 e. The fourth-order valence-corrected chi connectivity index (χ4v) is 3.25. The molecule has 2 heterocycles. The van der Waals surface area contributed by atoms with Crippen LogP contribution in [0.1, 0.15) is 30.4 Å². The SMILES string of the molecule is C[C@@H]1C[C@H](c2ccccc2)c2c(c3ccccc3oc2=O)O1. The van der Waals surface area contributed by atoms with Crippen molar-refractivity contribution in [3.05, 3.63) is 76.1 Å². The summed E-state index contributed by atoms with van der Waals surface area (Å²) in [5, 5.41) is 0.865. The van der Waals surface area contributed by atoms with E-state index in [-0.39, 0.29) is 17.6 Å². The number of benzene rings is 2. The van der Waals surface area contributed by atoms with Crippen LogP contribution in [0.3, 0.4) is 0 Å². The summed E-state index contributed by atoms with van der Waals surface area (Å²) in [4.78, 5) is 12.5. The van der Waals surface area contributed by atoms with E-state index in [4.69, 9.17) is 9.15 Å². The molecule has 0 bridgehead atoms. The van der Waals surface area contributed by atoms with Crippen molar-refractivity contribution >= 4 is 11.0 Å². The van der Waals surface area contributed by atoms with Crippen LogP contribution in [0.4, 0.5) is 0 Å². The first-order valence-corrected chi connectivity index (χ1v) is 7.51. The normalized spacial score (nSPS) is 20.4. The van der Waals surface area contributed by atoms with Crippen LogP contribution < -0.4 is 10.4 Å². The van der Waals surface area contributed by atoms with Crippen LogP contribution in [-0.2, 0) is 0 Å². The lowest BCUT2D eigenvalue weighted by Gasteiger charge is -2.30. The molecule has 0 N–H and O–H groups in total. The summed E-state index contributed by atoms with van der Waals surface area (Å²) >= 11 is 0. The molecule has 4 rings (SSSR count). The first-order chi connectivity index (χ1) is 10.7. The van der Waals surface area contributed by atoms with E-state index in [2.05, 4.69) is 12.1 Å². The van der Waals surface area contributed by atoms with Crippen molar-refractivity contribution in [2.45, 2.75) is 25.4 Å². The second-order valence-electron chi connectivity index (χ2n) is 5.76. The monoisotopic (exact) mass is 292 g/mol. The standard InChI is InChI=1S/C19H16O3/c1-12-11-15(13-7-3-2-4-8-13)17-18(21-12)14-9-5-6-10-16(14)22-19(17)20/h2-10,12,15H,11H2,1H3/t12-,15-/m1/s1. The predicted octanol–water partition coefficient (Wildman–Crippen LogP) is 4.10. The molecule has 110 valence electrons. The third-order valence-electron chi connectivity index (χ3n) is 4.24. The lowest BCUT2D eigenvalue weighted by atomic mass is 9.85. The average Bonchev–Trinajstić information content (AvgIpc) is 2.55. The summed E-state index contributed by atoms with van der Waals surface area (Å²) in [5.41, 5.74) is 2.05. The maximum absolute atomic E-state index is 12.5. The van der Waals surface area contributed by atoms with E-state index in [0.717, 1.165) is 17.4 Å². The first kappa shape index (κ1) is 13.1. The molecular weight excluding hydrogens is 276 g/mol. The van der Waals surface area contributed by atoms with E-state index >= 15 is 0 Å². The maximum atomic E-state index is 12.5. The van der Waals surface area contributed by atoms with Gasteiger partial charge in [-0.1, -0.05) is 42.5 Å². The molecule has 0 amide bonds. The smallest absolute Gasteiger partial charge is 0.343 e. The highest BCUT2D eigenvalue weighted by Crippen LogP contribution is 2.41. The molecule has 1 aromatic heterocycles. The Labute approximate surface area is 128 Å². The molecule has 0 saturated carbocycles. The van der Waals surface area contributed by atoms with E-state index in [1.54, 1.807) is 6.07 Å². The Balaban J connectivity index is 2.01. The van der Waals surface area contributed by atoms with Gasteiger partial charge in [-0.15, -0.1) is 0 Å². The van der Waals surface area contributed by atoms with Gasteiger partial charge in [0.15, 0.2) is 0 Å². The molecule has 0 radical (unpaired) electrons. The average molecular weight is 292 g/mol. The van der Waals surface area contributed by atoms with Crippen molar-refractivity contribution in [1.82, 2.24) is 0 Å². The molecule has 0 saturated heterocycles. The Morgan fingerprint density at radius 3 is 2.55 bits per heavy atom. The fourth-order valence-electron chi connectivity index (χ4n) is 3.25. The predicted molar refractivity (Wildman–Crippen MR) is 85.5 cm³/mol. The third kappa shape index (κ3) is 2.01. The number of ether oxygens (including phenoxy) is 1. The zero-order valence-electron chi connectivity index (χ0n) is 12.3. The number of hydrogen-bond donors (Lipinski definition) is 0. The topological polar surface area (TPSA) is 39.4 Å². The van der Waals surface area contributed by atoms with E-state index in [1.807, 2.05) is 43.3 Å². The Morgan fingerprint density at radius 2 is 1.73 bits per heavy atom. The van der Waals surface area contributed by atoms with Crippen molar-refractivity contribution in [3.63, 3.8) is 0 Å². The van der Waals surface area contributed by atoms with Gasteiger partial charge in [0.05, 0.1) is 17.1 Å². The molecule has 0 fully saturated rings. The molecule has 1 aliphatic heterocycles. The highest BCUT2D eigenvalue weighted by atomic mass is 16.5. The summed E-state index contributed by atoms with van der Waals surface area (Å²) in [6.45, 7) is 2.04. The van der Waals surface area contributed by atoms with Crippen LogP contribution in [-0.4, -0.2) is 6.10 Å². The minimum Gasteiger partial charge on any atom is -0.489 e. The van der Waals surface area contributed by atoms with Gasteiger partial charge in [-0.2, -0.15) is 0 Å². The number of fused-ring (bicyclic) bond motifs is 3. The summed E-state index contributed by atoms with van der Waals surface area (Å²) in [6, 6.07) is 17.6. The quantitative estimate of drug-likeness (QED) is 0.634. The van der Waals surface area contributed by atoms with Gasteiger partial charge < -0.3 is 9.15 Å². The van der Waals surface area contributed by atoms with Crippen LogP contribution >= 0.6 is 0 Å². The lowest BCUT2D eigenvalue weighted by Crippen LogP contribution is -2.28. The van der Waals surface area contributed by atoms with Crippen LogP contribution in [0.15, 0.2) is 63.8 Å².